The molecule has 2 amide bonds. The van der Waals surface area contributed by atoms with Crippen molar-refractivity contribution in [3.63, 3.8) is 0 Å². The highest BCUT2D eigenvalue weighted by molar-refractivity contribution is 5.87. The molecule has 1 aliphatic heterocycles. The van der Waals surface area contributed by atoms with E-state index in [-0.39, 0.29) is 17.4 Å². The van der Waals surface area contributed by atoms with E-state index in [2.05, 4.69) is 5.32 Å². The first-order valence-corrected chi connectivity index (χ1v) is 11.4. The Bertz CT molecular complexity index is 1090. The molecule has 1 saturated heterocycles. The van der Waals surface area contributed by atoms with Crippen molar-refractivity contribution < 1.29 is 18.7 Å². The summed E-state index contributed by atoms with van der Waals surface area (Å²) in [4.78, 5) is 40.9. The van der Waals surface area contributed by atoms with E-state index in [1.54, 1.807) is 11.8 Å². The van der Waals surface area contributed by atoms with E-state index in [1.807, 2.05) is 30.9 Å². The minimum absolute atomic E-state index is 0.00745. The number of nitrogens with zero attached hydrogens (tertiary/aromatic N) is 2. The van der Waals surface area contributed by atoms with Gasteiger partial charge >= 0.3 is 5.63 Å². The van der Waals surface area contributed by atoms with Crippen LogP contribution in [0.1, 0.15) is 37.0 Å². The quantitative estimate of drug-likeness (QED) is 0.686. The number of carbonyl (C=O) groups is 2. The van der Waals surface area contributed by atoms with Crippen LogP contribution in [0.3, 0.4) is 0 Å². The van der Waals surface area contributed by atoms with Crippen LogP contribution < -0.4 is 15.7 Å². The van der Waals surface area contributed by atoms with Gasteiger partial charge in [-0.3, -0.25) is 14.5 Å². The number of aryl methyl sites for hydroxylation is 2. The van der Waals surface area contributed by atoms with Gasteiger partial charge in [-0.1, -0.05) is 0 Å². The highest BCUT2D eigenvalue weighted by atomic mass is 16.5. The number of ether oxygens (including phenoxy) is 1. The lowest BCUT2D eigenvalue weighted by Crippen LogP contribution is -2.53. The summed E-state index contributed by atoms with van der Waals surface area (Å²) in [5, 5.41) is 3.76. The molecule has 8 heteroatoms. The number of amides is 2. The molecule has 8 nitrogen and oxygen atoms in total. The Morgan fingerprint density at radius 1 is 1.16 bits per heavy atom. The number of likely N-dealkylation sites (N-methyl/N-ethyl adjacent to an activating group) is 1. The van der Waals surface area contributed by atoms with Crippen LogP contribution in [0.5, 0.6) is 5.75 Å². The first-order valence-electron chi connectivity index (χ1n) is 11.4. The lowest BCUT2D eigenvalue weighted by Gasteiger charge is -2.35. The molecular formula is C24H31N3O5. The van der Waals surface area contributed by atoms with Crippen LogP contribution >= 0.6 is 0 Å². The second-order valence-corrected chi connectivity index (χ2v) is 8.58. The average molecular weight is 442 g/mol. The predicted octanol–water partition coefficient (Wildman–Crippen LogP) is 1.64. The van der Waals surface area contributed by atoms with E-state index >= 15 is 0 Å². The van der Waals surface area contributed by atoms with E-state index in [4.69, 9.17) is 9.15 Å². The maximum Gasteiger partial charge on any atom is 0.339 e. The fraction of sp³-hybridized carbons (Fsp3) is 0.542. The van der Waals surface area contributed by atoms with Crippen LogP contribution in [-0.2, 0) is 22.4 Å². The molecule has 1 aromatic heterocycles. The van der Waals surface area contributed by atoms with Gasteiger partial charge in [0.05, 0.1) is 6.54 Å². The third-order valence-electron chi connectivity index (χ3n) is 6.42. The highest BCUT2D eigenvalue weighted by Gasteiger charge is 2.28. The second kappa shape index (κ2) is 9.32. The van der Waals surface area contributed by atoms with Crippen LogP contribution in [0.4, 0.5) is 0 Å². The number of hydrogen-bond donors (Lipinski definition) is 1. The Morgan fingerprint density at radius 2 is 1.88 bits per heavy atom. The SMILES string of the molecule is CCNC(=O)CN1CCN(C(=O)C(C)Oc2ccc3c4c(c(=O)oc3c2C)CCC4)CC1. The average Bonchev–Trinajstić information content (AvgIpc) is 3.27. The molecule has 4 rings (SSSR count). The molecule has 1 aromatic carbocycles. The zero-order valence-electron chi connectivity index (χ0n) is 19.0. The minimum Gasteiger partial charge on any atom is -0.480 e. The van der Waals surface area contributed by atoms with Gasteiger partial charge in [-0.25, -0.2) is 4.79 Å². The number of benzene rings is 1. The van der Waals surface area contributed by atoms with Crippen molar-refractivity contribution in [2.24, 2.45) is 0 Å². The number of hydrogen-bond acceptors (Lipinski definition) is 6. The third kappa shape index (κ3) is 4.37. The molecule has 2 aromatic rings. The van der Waals surface area contributed by atoms with Crippen LogP contribution in [0.2, 0.25) is 0 Å². The van der Waals surface area contributed by atoms with Crippen molar-refractivity contribution in [3.8, 4) is 5.75 Å². The molecule has 1 aliphatic carbocycles. The third-order valence-corrected chi connectivity index (χ3v) is 6.42. The summed E-state index contributed by atoms with van der Waals surface area (Å²) in [6, 6.07) is 3.80. The van der Waals surface area contributed by atoms with Gasteiger partial charge in [-0.15, -0.1) is 0 Å². The predicted molar refractivity (Wildman–Crippen MR) is 121 cm³/mol. The van der Waals surface area contributed by atoms with Crippen LogP contribution in [0, 0.1) is 6.92 Å². The summed E-state index contributed by atoms with van der Waals surface area (Å²) in [6.45, 7) is 8.90. The van der Waals surface area contributed by atoms with Crippen LogP contribution in [-0.4, -0.2) is 67.0 Å². The summed E-state index contributed by atoms with van der Waals surface area (Å²) < 4.78 is 11.6. The molecule has 2 heterocycles. The molecule has 2 aliphatic rings. The van der Waals surface area contributed by atoms with Crippen molar-refractivity contribution in [3.05, 3.63) is 39.2 Å². The van der Waals surface area contributed by atoms with Crippen molar-refractivity contribution in [2.75, 3.05) is 39.3 Å². The summed E-state index contributed by atoms with van der Waals surface area (Å²) >= 11 is 0. The molecule has 0 radical (unpaired) electrons. The molecule has 32 heavy (non-hydrogen) atoms. The molecule has 1 unspecified atom stereocenters. The maximum atomic E-state index is 12.9. The van der Waals surface area contributed by atoms with Crippen molar-refractivity contribution >= 4 is 22.8 Å². The summed E-state index contributed by atoms with van der Waals surface area (Å²) in [5.41, 5.74) is 2.90. The summed E-state index contributed by atoms with van der Waals surface area (Å²) in [6.07, 6.45) is 1.96. The Kier molecular flexibility index (Phi) is 6.50. The minimum atomic E-state index is -0.665. The zero-order chi connectivity index (χ0) is 22.8. The standard InChI is InChI=1S/C24H31N3O5/c1-4-25-21(28)14-26-10-12-27(13-11-26)23(29)16(3)31-20-9-8-18-17-6-5-7-19(17)24(30)32-22(18)15(20)2/h8-9,16H,4-7,10-14H2,1-3H3,(H,25,28). The van der Waals surface area contributed by atoms with Gasteiger partial charge in [0, 0.05) is 49.2 Å². The fourth-order valence-electron chi connectivity index (χ4n) is 4.67. The Hall–Kier alpha value is -2.87. The summed E-state index contributed by atoms with van der Waals surface area (Å²) in [5.74, 6) is 0.472. The van der Waals surface area contributed by atoms with Crippen molar-refractivity contribution in [1.82, 2.24) is 15.1 Å². The Labute approximate surface area is 187 Å². The molecule has 1 fully saturated rings. The first-order chi connectivity index (χ1) is 15.4. The number of fused-ring (bicyclic) bond motifs is 3. The van der Waals surface area contributed by atoms with E-state index in [0.29, 0.717) is 50.6 Å². The molecular weight excluding hydrogens is 410 g/mol. The van der Waals surface area contributed by atoms with Gasteiger partial charge in [0.15, 0.2) is 6.10 Å². The van der Waals surface area contributed by atoms with Crippen molar-refractivity contribution in [1.29, 1.82) is 0 Å². The fourth-order valence-corrected chi connectivity index (χ4v) is 4.67. The van der Waals surface area contributed by atoms with Gasteiger partial charge in [0.1, 0.15) is 11.3 Å². The molecule has 1 atom stereocenters. The topological polar surface area (TPSA) is 92.1 Å². The van der Waals surface area contributed by atoms with Crippen molar-refractivity contribution in [2.45, 2.75) is 46.1 Å². The second-order valence-electron chi connectivity index (χ2n) is 8.58. The number of carbonyl (C=O) groups excluding carboxylic acids is 2. The largest absolute Gasteiger partial charge is 0.480 e. The lowest BCUT2D eigenvalue weighted by atomic mass is 10.0. The zero-order valence-corrected chi connectivity index (χ0v) is 19.0. The van der Waals surface area contributed by atoms with Gasteiger partial charge in [0.25, 0.3) is 5.91 Å². The number of piperazine rings is 1. The maximum absolute atomic E-state index is 12.9. The molecule has 0 spiro atoms. The molecule has 1 N–H and O–H groups in total. The van der Waals surface area contributed by atoms with E-state index in [9.17, 15) is 14.4 Å². The van der Waals surface area contributed by atoms with Crippen LogP contribution in [0.25, 0.3) is 11.0 Å². The smallest absolute Gasteiger partial charge is 0.339 e. The van der Waals surface area contributed by atoms with Gasteiger partial charge in [-0.05, 0) is 57.7 Å². The van der Waals surface area contributed by atoms with E-state index in [1.165, 1.54) is 0 Å². The molecule has 0 bridgehead atoms. The van der Waals surface area contributed by atoms with E-state index < -0.39 is 6.10 Å². The normalized spacial score (nSPS) is 17.3. The lowest BCUT2D eigenvalue weighted by molar-refractivity contribution is -0.139. The van der Waals surface area contributed by atoms with E-state index in [0.717, 1.165) is 41.3 Å². The summed E-state index contributed by atoms with van der Waals surface area (Å²) in [7, 11) is 0. The van der Waals surface area contributed by atoms with Crippen LogP contribution in [0.15, 0.2) is 21.3 Å². The highest BCUT2D eigenvalue weighted by Crippen LogP contribution is 2.33. The van der Waals surface area contributed by atoms with Gasteiger partial charge in [0.2, 0.25) is 5.91 Å². The number of nitrogens with one attached hydrogen (secondary N) is 1. The first kappa shape index (κ1) is 22.3. The Balaban J connectivity index is 1.42. The van der Waals surface area contributed by atoms with Gasteiger partial charge < -0.3 is 19.4 Å². The monoisotopic (exact) mass is 441 g/mol. The molecule has 0 saturated carbocycles. The van der Waals surface area contributed by atoms with Gasteiger partial charge in [-0.2, -0.15) is 0 Å². The Morgan fingerprint density at radius 3 is 2.59 bits per heavy atom. The molecule has 172 valence electrons. The number of rotatable bonds is 6.